The van der Waals surface area contributed by atoms with E-state index in [2.05, 4.69) is 9.88 Å². The van der Waals surface area contributed by atoms with Crippen molar-refractivity contribution in [3.05, 3.63) is 23.5 Å². The fourth-order valence-electron chi connectivity index (χ4n) is 3.13. The smallest absolute Gasteiger partial charge is 0.305 e. The molecule has 0 aliphatic rings. The molecule has 1 rings (SSSR count). The summed E-state index contributed by atoms with van der Waals surface area (Å²) in [4.78, 5) is 18.1. The van der Waals surface area contributed by atoms with Gasteiger partial charge in [0.05, 0.1) is 57.3 Å². The number of ether oxygens (including phenoxy) is 5. The molecule has 13 nitrogen and oxygen atoms in total. The van der Waals surface area contributed by atoms with Crippen LogP contribution in [0.4, 0.5) is 0 Å². The number of hydrogen-bond acceptors (Lipinski definition) is 13. The monoisotopic (exact) mass is 598 g/mol. The molecule has 1 heterocycles. The van der Waals surface area contributed by atoms with Gasteiger partial charge in [-0.25, -0.2) is 4.21 Å². The van der Waals surface area contributed by atoms with Gasteiger partial charge < -0.3 is 23.7 Å². The Morgan fingerprint density at radius 1 is 0.974 bits per heavy atom. The van der Waals surface area contributed by atoms with Crippen LogP contribution in [0.15, 0.2) is 12.1 Å². The van der Waals surface area contributed by atoms with Gasteiger partial charge in [0.15, 0.2) is 11.1 Å². The van der Waals surface area contributed by atoms with E-state index in [9.17, 15) is 17.4 Å². The summed E-state index contributed by atoms with van der Waals surface area (Å²) < 4.78 is 70.9. The van der Waals surface area contributed by atoms with Gasteiger partial charge in [-0.1, -0.05) is 0 Å². The highest BCUT2D eigenvalue weighted by molar-refractivity contribution is 7.85. The SMILES string of the molecule is CCOC(=O)CCCN(CCOCCOCCOC)CCOc1cc(COS(C)=O)nc(COS(C)(=O)=O)c1. The molecule has 1 unspecified atom stereocenters. The molecule has 0 spiro atoms. The highest BCUT2D eigenvalue weighted by Crippen LogP contribution is 2.17. The van der Waals surface area contributed by atoms with Gasteiger partial charge in [-0.3, -0.25) is 23.0 Å². The van der Waals surface area contributed by atoms with Crippen molar-refractivity contribution in [1.29, 1.82) is 0 Å². The van der Waals surface area contributed by atoms with Gasteiger partial charge in [0.1, 0.15) is 25.6 Å². The Morgan fingerprint density at radius 3 is 2.26 bits per heavy atom. The number of rotatable bonds is 24. The zero-order chi connectivity index (χ0) is 28.9. The van der Waals surface area contributed by atoms with Crippen LogP contribution in [0.1, 0.15) is 31.2 Å². The maximum atomic E-state index is 11.7. The molecular weight excluding hydrogens is 556 g/mol. The Balaban J connectivity index is 2.69. The minimum atomic E-state index is -3.67. The molecule has 226 valence electrons. The quantitative estimate of drug-likeness (QED) is 0.0949. The van der Waals surface area contributed by atoms with E-state index in [0.29, 0.717) is 95.9 Å². The van der Waals surface area contributed by atoms with Crippen molar-refractivity contribution in [2.45, 2.75) is 33.0 Å². The van der Waals surface area contributed by atoms with E-state index >= 15 is 0 Å². The van der Waals surface area contributed by atoms with Crippen LogP contribution in [-0.4, -0.2) is 114 Å². The van der Waals surface area contributed by atoms with Gasteiger partial charge in [-0.05, 0) is 19.9 Å². The standard InChI is InChI=1S/C24H42N2O11S2/c1-5-34-24(27)7-6-8-26(9-11-32-15-16-33-14-13-31-2)10-12-35-23-17-21(19-36-38(3)28)25-22(18-23)20-37-39(4,29)30/h17-18H,5-16,19-20H2,1-4H3. The van der Waals surface area contributed by atoms with E-state index in [0.717, 1.165) is 6.26 Å². The summed E-state index contributed by atoms with van der Waals surface area (Å²) in [7, 11) is -2.05. The zero-order valence-electron chi connectivity index (χ0n) is 23.3. The Hall–Kier alpha value is -1.72. The highest BCUT2D eigenvalue weighted by atomic mass is 32.2. The predicted octanol–water partition coefficient (Wildman–Crippen LogP) is 1.07. The lowest BCUT2D eigenvalue weighted by atomic mass is 10.3. The second kappa shape index (κ2) is 21.1. The highest BCUT2D eigenvalue weighted by Gasteiger charge is 2.11. The zero-order valence-corrected chi connectivity index (χ0v) is 24.9. The molecule has 0 fully saturated rings. The van der Waals surface area contributed by atoms with Gasteiger partial charge in [0, 0.05) is 45.0 Å². The molecule has 0 aliphatic heterocycles. The van der Waals surface area contributed by atoms with Crippen molar-refractivity contribution in [2.24, 2.45) is 0 Å². The van der Waals surface area contributed by atoms with Gasteiger partial charge in [0.2, 0.25) is 0 Å². The fraction of sp³-hybridized carbons (Fsp3) is 0.750. The van der Waals surface area contributed by atoms with Crippen molar-refractivity contribution in [2.75, 3.05) is 85.5 Å². The Bertz CT molecular complexity index is 948. The first-order chi connectivity index (χ1) is 18.6. The number of pyridine rings is 1. The molecule has 1 aromatic heterocycles. The molecular formula is C24H42N2O11S2. The van der Waals surface area contributed by atoms with E-state index in [1.165, 1.54) is 6.26 Å². The summed E-state index contributed by atoms with van der Waals surface area (Å²) in [5, 5.41) is 0. The Labute approximate surface area is 234 Å². The van der Waals surface area contributed by atoms with E-state index in [-0.39, 0.29) is 19.2 Å². The van der Waals surface area contributed by atoms with E-state index in [1.54, 1.807) is 26.2 Å². The molecule has 0 aromatic carbocycles. The van der Waals surface area contributed by atoms with Crippen molar-refractivity contribution in [3.63, 3.8) is 0 Å². The lowest BCUT2D eigenvalue weighted by Gasteiger charge is -2.22. The summed E-state index contributed by atoms with van der Waals surface area (Å²) in [5.41, 5.74) is 0.744. The minimum Gasteiger partial charge on any atom is -0.492 e. The van der Waals surface area contributed by atoms with E-state index in [4.69, 9.17) is 32.1 Å². The number of hydrogen-bond donors (Lipinski definition) is 0. The normalized spacial score (nSPS) is 12.5. The molecule has 0 saturated heterocycles. The maximum absolute atomic E-state index is 11.7. The Morgan fingerprint density at radius 2 is 1.62 bits per heavy atom. The largest absolute Gasteiger partial charge is 0.492 e. The van der Waals surface area contributed by atoms with E-state index in [1.807, 2.05) is 0 Å². The number of methoxy groups -OCH3 is 1. The third-order valence-electron chi connectivity index (χ3n) is 4.89. The lowest BCUT2D eigenvalue weighted by Crippen LogP contribution is -2.33. The molecule has 1 atom stereocenters. The van der Waals surface area contributed by atoms with Crippen LogP contribution in [0.3, 0.4) is 0 Å². The molecule has 0 radical (unpaired) electrons. The summed E-state index contributed by atoms with van der Waals surface area (Å²) >= 11 is -1.50. The van der Waals surface area contributed by atoms with Crippen molar-refractivity contribution in [3.8, 4) is 5.75 Å². The number of esters is 1. The molecule has 0 amide bonds. The topological polar surface area (TPSA) is 149 Å². The lowest BCUT2D eigenvalue weighted by molar-refractivity contribution is -0.143. The predicted molar refractivity (Wildman–Crippen MR) is 144 cm³/mol. The molecule has 15 heteroatoms. The maximum Gasteiger partial charge on any atom is 0.305 e. The van der Waals surface area contributed by atoms with Gasteiger partial charge >= 0.3 is 5.97 Å². The molecule has 0 aliphatic carbocycles. The van der Waals surface area contributed by atoms with Crippen molar-refractivity contribution < 1.29 is 49.5 Å². The van der Waals surface area contributed by atoms with E-state index < -0.39 is 21.2 Å². The van der Waals surface area contributed by atoms with Crippen molar-refractivity contribution >= 4 is 27.2 Å². The Kier molecular flexibility index (Phi) is 19.1. The average Bonchev–Trinajstić information content (AvgIpc) is 2.87. The number of aromatic nitrogens is 1. The minimum absolute atomic E-state index is 0.0430. The van der Waals surface area contributed by atoms with Crippen LogP contribution >= 0.6 is 0 Å². The first kappa shape index (κ1) is 35.3. The second-order valence-electron chi connectivity index (χ2n) is 8.23. The van der Waals surface area contributed by atoms with Gasteiger partial charge in [0.25, 0.3) is 10.1 Å². The third kappa shape index (κ3) is 19.9. The van der Waals surface area contributed by atoms with Crippen LogP contribution in [0.2, 0.25) is 0 Å². The first-order valence-corrected chi connectivity index (χ1v) is 15.9. The van der Waals surface area contributed by atoms with Crippen molar-refractivity contribution in [1.82, 2.24) is 9.88 Å². The third-order valence-corrected chi connectivity index (χ3v) is 5.89. The molecule has 1 aromatic rings. The fourth-order valence-corrected chi connectivity index (χ4v) is 3.75. The molecule has 0 bridgehead atoms. The summed E-state index contributed by atoms with van der Waals surface area (Å²) in [6.07, 6.45) is 3.28. The van der Waals surface area contributed by atoms with Gasteiger partial charge in [-0.15, -0.1) is 0 Å². The second-order valence-corrected chi connectivity index (χ2v) is 10.9. The molecule has 0 saturated carbocycles. The average molecular weight is 599 g/mol. The van der Waals surface area contributed by atoms with Gasteiger partial charge in [-0.2, -0.15) is 8.42 Å². The van der Waals surface area contributed by atoms with Crippen LogP contribution < -0.4 is 4.74 Å². The molecule has 39 heavy (non-hydrogen) atoms. The first-order valence-electron chi connectivity index (χ1n) is 12.6. The number of nitrogens with zero attached hydrogens (tertiary/aromatic N) is 2. The van der Waals surface area contributed by atoms with Crippen LogP contribution in [0, 0.1) is 0 Å². The number of carbonyl (C=O) groups excluding carboxylic acids is 1. The molecule has 0 N–H and O–H groups in total. The van der Waals surface area contributed by atoms with Crippen LogP contribution in [0.25, 0.3) is 0 Å². The van der Waals surface area contributed by atoms with Crippen LogP contribution in [-0.2, 0) is 66.5 Å². The summed E-state index contributed by atoms with van der Waals surface area (Å²) in [6.45, 7) is 6.36. The summed E-state index contributed by atoms with van der Waals surface area (Å²) in [6, 6.07) is 3.21. The van der Waals surface area contributed by atoms with Crippen LogP contribution in [0.5, 0.6) is 5.75 Å². The summed E-state index contributed by atoms with van der Waals surface area (Å²) in [5.74, 6) is 0.204. The number of carbonyl (C=O) groups is 1.